The number of nitrogens with zero attached hydrogens (tertiary/aromatic N) is 2. The average molecular weight is 275 g/mol. The molecule has 17 heavy (non-hydrogen) atoms. The molecule has 0 saturated heterocycles. The van der Waals surface area contributed by atoms with Crippen molar-refractivity contribution < 1.29 is 0 Å². The largest absolute Gasteiger partial charge is 0.378 e. The van der Waals surface area contributed by atoms with Gasteiger partial charge in [0.15, 0.2) is 5.15 Å². The summed E-state index contributed by atoms with van der Waals surface area (Å²) in [4.78, 5) is 8.68. The van der Waals surface area contributed by atoms with Crippen LogP contribution in [-0.2, 0) is 0 Å². The Morgan fingerprint density at radius 1 is 1.06 bits per heavy atom. The maximum Gasteiger partial charge on any atom is 0.225 e. The van der Waals surface area contributed by atoms with E-state index < -0.39 is 0 Å². The molecule has 0 fully saturated rings. The first kappa shape index (κ1) is 14.4. The Morgan fingerprint density at radius 3 is 2.12 bits per heavy atom. The Morgan fingerprint density at radius 2 is 1.65 bits per heavy atom. The van der Waals surface area contributed by atoms with E-state index in [0.717, 1.165) is 10.7 Å². The van der Waals surface area contributed by atoms with Crippen LogP contribution >= 0.6 is 23.4 Å². The predicted molar refractivity (Wildman–Crippen MR) is 76.3 cm³/mol. The Kier molecular flexibility index (Phi) is 5.33. The quantitative estimate of drug-likeness (QED) is 0.636. The summed E-state index contributed by atoms with van der Waals surface area (Å²) in [7, 11) is 0. The third-order valence-electron chi connectivity index (χ3n) is 1.88. The lowest BCUT2D eigenvalue weighted by atomic mass is 10.3. The Labute approximate surface area is 112 Å². The van der Waals surface area contributed by atoms with Gasteiger partial charge in [-0.15, -0.1) is 11.8 Å². The molecular weight excluding hydrogens is 256 g/mol. The van der Waals surface area contributed by atoms with Crippen molar-refractivity contribution in [2.24, 2.45) is 0 Å². The zero-order valence-corrected chi connectivity index (χ0v) is 12.4. The van der Waals surface area contributed by atoms with Crippen LogP contribution in [0.1, 0.15) is 27.7 Å². The number of hydrogen-bond donors (Lipinski definition) is 2. The molecule has 0 aliphatic heterocycles. The van der Waals surface area contributed by atoms with Gasteiger partial charge >= 0.3 is 0 Å². The third-order valence-corrected chi connectivity index (χ3v) is 2.83. The molecule has 0 unspecified atom stereocenters. The molecule has 0 saturated carbocycles. The molecule has 96 valence electrons. The van der Waals surface area contributed by atoms with E-state index in [9.17, 15) is 0 Å². The second-order valence-corrected chi connectivity index (χ2v) is 5.47. The number of hydrogen-bond acceptors (Lipinski definition) is 5. The van der Waals surface area contributed by atoms with Crippen molar-refractivity contribution in [3.05, 3.63) is 5.15 Å². The van der Waals surface area contributed by atoms with Gasteiger partial charge in [0.25, 0.3) is 0 Å². The first-order chi connectivity index (χ1) is 7.93. The standard InChI is InChI=1S/C11H19ClN4S/c1-6(2)13-8-9(12)15-11(14-7(3)4)16-10(8)17-5/h6-7,13H,1-5H3,(H,14,15,16). The van der Waals surface area contributed by atoms with E-state index in [0.29, 0.717) is 17.1 Å². The molecule has 0 spiro atoms. The van der Waals surface area contributed by atoms with E-state index in [1.54, 1.807) is 11.8 Å². The molecule has 0 radical (unpaired) electrons. The molecule has 1 heterocycles. The van der Waals surface area contributed by atoms with Gasteiger partial charge in [0.1, 0.15) is 10.7 Å². The topological polar surface area (TPSA) is 49.8 Å². The van der Waals surface area contributed by atoms with Crippen LogP contribution in [0, 0.1) is 0 Å². The van der Waals surface area contributed by atoms with Crippen molar-refractivity contribution >= 4 is 35.0 Å². The Bertz CT molecular complexity index is 382. The summed E-state index contributed by atoms with van der Waals surface area (Å²) in [6.07, 6.45) is 1.98. The maximum atomic E-state index is 6.17. The number of halogens is 1. The molecule has 0 bridgehead atoms. The number of aromatic nitrogens is 2. The summed E-state index contributed by atoms with van der Waals surface area (Å²) in [5, 5.41) is 7.74. The summed E-state index contributed by atoms with van der Waals surface area (Å²) < 4.78 is 0. The molecule has 0 amide bonds. The lowest BCUT2D eigenvalue weighted by Crippen LogP contribution is -2.16. The molecule has 0 atom stereocenters. The van der Waals surface area contributed by atoms with E-state index in [1.165, 1.54) is 0 Å². The van der Waals surface area contributed by atoms with Gasteiger partial charge in [-0.2, -0.15) is 4.98 Å². The van der Waals surface area contributed by atoms with Crippen molar-refractivity contribution in [2.45, 2.75) is 44.8 Å². The van der Waals surface area contributed by atoms with Crippen LogP contribution in [-0.4, -0.2) is 28.3 Å². The third kappa shape index (κ3) is 4.24. The minimum absolute atomic E-state index is 0.282. The first-order valence-electron chi connectivity index (χ1n) is 5.58. The van der Waals surface area contributed by atoms with Crippen molar-refractivity contribution in [1.29, 1.82) is 0 Å². The van der Waals surface area contributed by atoms with Gasteiger partial charge in [0, 0.05) is 12.1 Å². The molecule has 0 aromatic carbocycles. The zero-order valence-electron chi connectivity index (χ0n) is 10.8. The molecule has 1 aromatic rings. The lowest BCUT2D eigenvalue weighted by Gasteiger charge is -2.16. The Balaban J connectivity index is 3.07. The second-order valence-electron chi connectivity index (χ2n) is 4.32. The molecule has 1 aromatic heterocycles. The van der Waals surface area contributed by atoms with Crippen LogP contribution in [0.25, 0.3) is 0 Å². The normalized spacial score (nSPS) is 11.1. The fraction of sp³-hybridized carbons (Fsp3) is 0.636. The van der Waals surface area contributed by atoms with Crippen LogP contribution in [0.5, 0.6) is 0 Å². The molecular formula is C11H19ClN4S. The molecule has 0 aliphatic carbocycles. The lowest BCUT2D eigenvalue weighted by molar-refractivity contribution is 0.852. The number of thioether (sulfide) groups is 1. The number of anilines is 2. The monoisotopic (exact) mass is 274 g/mol. The molecule has 6 heteroatoms. The van der Waals surface area contributed by atoms with Crippen molar-refractivity contribution in [3.8, 4) is 0 Å². The van der Waals surface area contributed by atoms with E-state index in [2.05, 4.69) is 34.4 Å². The van der Waals surface area contributed by atoms with Gasteiger partial charge in [-0.3, -0.25) is 0 Å². The van der Waals surface area contributed by atoms with E-state index >= 15 is 0 Å². The van der Waals surface area contributed by atoms with E-state index in [1.807, 2.05) is 20.1 Å². The second kappa shape index (κ2) is 6.31. The SMILES string of the molecule is CSc1nc(NC(C)C)nc(Cl)c1NC(C)C. The summed E-state index contributed by atoms with van der Waals surface area (Å²) in [5.74, 6) is 0.573. The van der Waals surface area contributed by atoms with Gasteiger partial charge in [0.05, 0.1) is 0 Å². The Hall–Kier alpha value is -0.680. The van der Waals surface area contributed by atoms with E-state index in [4.69, 9.17) is 11.6 Å². The highest BCUT2D eigenvalue weighted by molar-refractivity contribution is 7.98. The van der Waals surface area contributed by atoms with Crippen LogP contribution in [0.2, 0.25) is 5.15 Å². The predicted octanol–water partition coefficient (Wildman–Crippen LogP) is 3.49. The van der Waals surface area contributed by atoms with Gasteiger partial charge < -0.3 is 10.6 Å². The highest BCUT2D eigenvalue weighted by Gasteiger charge is 2.13. The highest BCUT2D eigenvalue weighted by atomic mass is 35.5. The van der Waals surface area contributed by atoms with E-state index in [-0.39, 0.29) is 6.04 Å². The fourth-order valence-electron chi connectivity index (χ4n) is 1.29. The number of rotatable bonds is 5. The van der Waals surface area contributed by atoms with Gasteiger partial charge in [-0.05, 0) is 34.0 Å². The fourth-order valence-corrected chi connectivity index (χ4v) is 2.11. The van der Waals surface area contributed by atoms with Crippen molar-refractivity contribution in [3.63, 3.8) is 0 Å². The van der Waals surface area contributed by atoms with Gasteiger partial charge in [0.2, 0.25) is 5.95 Å². The van der Waals surface area contributed by atoms with Crippen molar-refractivity contribution in [2.75, 3.05) is 16.9 Å². The minimum atomic E-state index is 0.282. The summed E-state index contributed by atoms with van der Waals surface area (Å²) in [5.41, 5.74) is 0.809. The smallest absolute Gasteiger partial charge is 0.225 e. The summed E-state index contributed by atoms with van der Waals surface area (Å²) in [6.45, 7) is 8.19. The zero-order chi connectivity index (χ0) is 13.0. The molecule has 0 aliphatic rings. The average Bonchev–Trinajstić information content (AvgIpc) is 2.20. The number of nitrogens with one attached hydrogen (secondary N) is 2. The first-order valence-corrected chi connectivity index (χ1v) is 7.19. The van der Waals surface area contributed by atoms with Gasteiger partial charge in [-0.1, -0.05) is 11.6 Å². The molecule has 4 nitrogen and oxygen atoms in total. The summed E-state index contributed by atoms with van der Waals surface area (Å²) >= 11 is 7.73. The van der Waals surface area contributed by atoms with Crippen LogP contribution < -0.4 is 10.6 Å². The van der Waals surface area contributed by atoms with Crippen molar-refractivity contribution in [1.82, 2.24) is 9.97 Å². The highest BCUT2D eigenvalue weighted by Crippen LogP contribution is 2.31. The van der Waals surface area contributed by atoms with Crippen LogP contribution in [0.15, 0.2) is 5.03 Å². The summed E-state index contributed by atoms with van der Waals surface area (Å²) in [6, 6.07) is 0.579. The van der Waals surface area contributed by atoms with Crippen LogP contribution in [0.4, 0.5) is 11.6 Å². The van der Waals surface area contributed by atoms with Crippen LogP contribution in [0.3, 0.4) is 0 Å². The maximum absolute atomic E-state index is 6.17. The molecule has 2 N–H and O–H groups in total. The minimum Gasteiger partial charge on any atom is -0.378 e. The molecule has 1 rings (SSSR count). The van der Waals surface area contributed by atoms with Gasteiger partial charge in [-0.25, -0.2) is 4.98 Å².